The summed E-state index contributed by atoms with van der Waals surface area (Å²) in [5.41, 5.74) is 7.77. The molecule has 4 nitrogen and oxygen atoms in total. The minimum atomic E-state index is 0.254. The third kappa shape index (κ3) is 2.41. The molecule has 0 saturated carbocycles. The molecule has 0 atom stereocenters. The van der Waals surface area contributed by atoms with Gasteiger partial charge in [0.1, 0.15) is 17.6 Å². The molecule has 1 aromatic heterocycles. The van der Waals surface area contributed by atoms with Gasteiger partial charge in [0.2, 0.25) is 0 Å². The molecule has 0 aliphatic carbocycles. The third-order valence-corrected chi connectivity index (χ3v) is 2.51. The number of nitrogens with two attached hydrogens (primary N) is 1. The first-order valence-electron chi connectivity index (χ1n) is 5.64. The molecule has 0 unspecified atom stereocenters. The summed E-state index contributed by atoms with van der Waals surface area (Å²) in [5, 5.41) is 8.79. The van der Waals surface area contributed by atoms with E-state index >= 15 is 0 Å². The van der Waals surface area contributed by atoms with E-state index in [-0.39, 0.29) is 5.82 Å². The van der Waals surface area contributed by atoms with Gasteiger partial charge in [-0.1, -0.05) is 0 Å². The quantitative estimate of drug-likeness (QED) is 0.893. The van der Waals surface area contributed by atoms with Crippen LogP contribution in [-0.2, 0) is 0 Å². The van der Waals surface area contributed by atoms with Crippen molar-refractivity contribution in [2.75, 3.05) is 12.3 Å². The first-order chi connectivity index (χ1) is 8.74. The fraction of sp³-hybridized carbons (Fsp3) is 0.143. The van der Waals surface area contributed by atoms with E-state index in [9.17, 15) is 0 Å². The van der Waals surface area contributed by atoms with Crippen molar-refractivity contribution < 1.29 is 4.74 Å². The molecule has 0 radical (unpaired) electrons. The Morgan fingerprint density at radius 3 is 2.50 bits per heavy atom. The Hall–Kier alpha value is -2.54. The molecular formula is C14H13N3O. The lowest BCUT2D eigenvalue weighted by atomic mass is 10.1. The van der Waals surface area contributed by atoms with Gasteiger partial charge in [0, 0.05) is 5.56 Å². The van der Waals surface area contributed by atoms with Crippen LogP contribution in [0.15, 0.2) is 36.4 Å². The highest BCUT2D eigenvalue weighted by Gasteiger charge is 2.04. The van der Waals surface area contributed by atoms with Crippen molar-refractivity contribution in [3.8, 4) is 23.1 Å². The highest BCUT2D eigenvalue weighted by molar-refractivity contribution is 5.64. The van der Waals surface area contributed by atoms with Gasteiger partial charge in [-0.3, -0.25) is 0 Å². The SMILES string of the molecule is CCOc1ccc(-c2ccc(C#N)c(N)n2)cc1. The summed E-state index contributed by atoms with van der Waals surface area (Å²) in [4.78, 5) is 4.20. The van der Waals surface area contributed by atoms with Crippen molar-refractivity contribution in [3.63, 3.8) is 0 Å². The molecule has 4 heteroatoms. The minimum Gasteiger partial charge on any atom is -0.494 e. The van der Waals surface area contributed by atoms with E-state index in [0.717, 1.165) is 17.0 Å². The maximum Gasteiger partial charge on any atom is 0.142 e. The monoisotopic (exact) mass is 239 g/mol. The predicted molar refractivity (Wildman–Crippen MR) is 70.0 cm³/mol. The van der Waals surface area contributed by atoms with Gasteiger partial charge < -0.3 is 10.5 Å². The van der Waals surface area contributed by atoms with Crippen LogP contribution in [-0.4, -0.2) is 11.6 Å². The molecule has 0 spiro atoms. The maximum absolute atomic E-state index is 8.79. The predicted octanol–water partition coefficient (Wildman–Crippen LogP) is 2.60. The van der Waals surface area contributed by atoms with Crippen LogP contribution in [0.4, 0.5) is 5.82 Å². The second-order valence-corrected chi connectivity index (χ2v) is 3.70. The number of nitrogen functional groups attached to an aromatic ring is 1. The van der Waals surface area contributed by atoms with Gasteiger partial charge in [-0.25, -0.2) is 4.98 Å². The molecule has 0 aliphatic rings. The van der Waals surface area contributed by atoms with Gasteiger partial charge in [0.05, 0.1) is 17.9 Å². The average molecular weight is 239 g/mol. The fourth-order valence-electron chi connectivity index (χ4n) is 1.62. The van der Waals surface area contributed by atoms with E-state index in [2.05, 4.69) is 4.98 Å². The zero-order valence-electron chi connectivity index (χ0n) is 10.1. The van der Waals surface area contributed by atoms with Crippen molar-refractivity contribution in [2.45, 2.75) is 6.92 Å². The number of aromatic nitrogens is 1. The highest BCUT2D eigenvalue weighted by Crippen LogP contribution is 2.22. The zero-order valence-corrected chi connectivity index (χ0v) is 10.1. The van der Waals surface area contributed by atoms with Crippen LogP contribution in [0.2, 0.25) is 0 Å². The number of hydrogen-bond acceptors (Lipinski definition) is 4. The zero-order chi connectivity index (χ0) is 13.0. The molecule has 90 valence electrons. The second kappa shape index (κ2) is 5.19. The number of anilines is 1. The van der Waals surface area contributed by atoms with Crippen molar-refractivity contribution in [2.24, 2.45) is 0 Å². The first-order valence-corrected chi connectivity index (χ1v) is 5.64. The number of rotatable bonds is 3. The molecule has 1 aromatic carbocycles. The van der Waals surface area contributed by atoms with E-state index in [1.165, 1.54) is 0 Å². The number of hydrogen-bond donors (Lipinski definition) is 1. The standard InChI is InChI=1S/C14H13N3O/c1-2-18-12-6-3-10(4-7-12)13-8-5-11(9-15)14(16)17-13/h3-8H,2H2,1H3,(H2,16,17). The Morgan fingerprint density at radius 2 is 1.94 bits per heavy atom. The van der Waals surface area contributed by atoms with E-state index in [1.807, 2.05) is 37.3 Å². The van der Waals surface area contributed by atoms with Crippen LogP contribution < -0.4 is 10.5 Å². The topological polar surface area (TPSA) is 71.9 Å². The van der Waals surface area contributed by atoms with Crippen molar-refractivity contribution in [1.82, 2.24) is 4.98 Å². The van der Waals surface area contributed by atoms with E-state index in [1.54, 1.807) is 12.1 Å². The summed E-state index contributed by atoms with van der Waals surface area (Å²) >= 11 is 0. The first kappa shape index (κ1) is 11.9. The molecule has 0 bridgehead atoms. The van der Waals surface area contributed by atoms with Crippen LogP contribution in [0.5, 0.6) is 5.75 Å². The van der Waals surface area contributed by atoms with Crippen LogP contribution in [0.3, 0.4) is 0 Å². The Morgan fingerprint density at radius 1 is 1.22 bits per heavy atom. The molecule has 2 N–H and O–H groups in total. The smallest absolute Gasteiger partial charge is 0.142 e. The summed E-state index contributed by atoms with van der Waals surface area (Å²) in [6, 6.07) is 13.0. The number of nitrogens with zero attached hydrogens (tertiary/aromatic N) is 2. The van der Waals surface area contributed by atoms with Gasteiger partial charge in [-0.2, -0.15) is 5.26 Å². The summed E-state index contributed by atoms with van der Waals surface area (Å²) in [7, 11) is 0. The molecule has 0 aliphatic heterocycles. The van der Waals surface area contributed by atoms with Crippen LogP contribution in [0, 0.1) is 11.3 Å². The summed E-state index contributed by atoms with van der Waals surface area (Å²) in [6.45, 7) is 2.58. The van der Waals surface area contributed by atoms with Gasteiger partial charge in [0.25, 0.3) is 0 Å². The van der Waals surface area contributed by atoms with Gasteiger partial charge in [-0.05, 0) is 43.3 Å². The fourth-order valence-corrected chi connectivity index (χ4v) is 1.62. The summed E-state index contributed by atoms with van der Waals surface area (Å²) in [6.07, 6.45) is 0. The maximum atomic E-state index is 8.79. The Kier molecular flexibility index (Phi) is 3.44. The van der Waals surface area contributed by atoms with E-state index < -0.39 is 0 Å². The van der Waals surface area contributed by atoms with E-state index in [0.29, 0.717) is 12.2 Å². The minimum absolute atomic E-state index is 0.254. The van der Waals surface area contributed by atoms with Crippen LogP contribution in [0.1, 0.15) is 12.5 Å². The molecule has 0 saturated heterocycles. The molecule has 2 aromatic rings. The van der Waals surface area contributed by atoms with E-state index in [4.69, 9.17) is 15.7 Å². The lowest BCUT2D eigenvalue weighted by Crippen LogP contribution is -1.96. The molecule has 1 heterocycles. The Balaban J connectivity index is 2.31. The Labute approximate surface area is 106 Å². The number of ether oxygens (including phenoxy) is 1. The molecule has 2 rings (SSSR count). The normalized spacial score (nSPS) is 9.78. The Bertz CT molecular complexity index is 585. The average Bonchev–Trinajstić information content (AvgIpc) is 2.40. The van der Waals surface area contributed by atoms with Gasteiger partial charge >= 0.3 is 0 Å². The van der Waals surface area contributed by atoms with Crippen molar-refractivity contribution >= 4 is 5.82 Å². The van der Waals surface area contributed by atoms with Crippen molar-refractivity contribution in [1.29, 1.82) is 5.26 Å². The molecular weight excluding hydrogens is 226 g/mol. The van der Waals surface area contributed by atoms with Crippen LogP contribution in [0.25, 0.3) is 11.3 Å². The molecule has 0 amide bonds. The number of pyridine rings is 1. The van der Waals surface area contributed by atoms with Crippen LogP contribution >= 0.6 is 0 Å². The number of benzene rings is 1. The largest absolute Gasteiger partial charge is 0.494 e. The van der Waals surface area contributed by atoms with Gasteiger partial charge in [0.15, 0.2) is 0 Å². The second-order valence-electron chi connectivity index (χ2n) is 3.70. The highest BCUT2D eigenvalue weighted by atomic mass is 16.5. The lowest BCUT2D eigenvalue weighted by Gasteiger charge is -2.05. The number of nitriles is 1. The summed E-state index contributed by atoms with van der Waals surface area (Å²) < 4.78 is 5.37. The summed E-state index contributed by atoms with van der Waals surface area (Å²) in [5.74, 6) is 1.08. The lowest BCUT2D eigenvalue weighted by molar-refractivity contribution is 0.340. The third-order valence-electron chi connectivity index (χ3n) is 2.51. The molecule has 0 fully saturated rings. The van der Waals surface area contributed by atoms with Crippen molar-refractivity contribution in [3.05, 3.63) is 42.0 Å². The van der Waals surface area contributed by atoms with Gasteiger partial charge in [-0.15, -0.1) is 0 Å². The molecule has 18 heavy (non-hydrogen) atoms.